The predicted octanol–water partition coefficient (Wildman–Crippen LogP) is 4.23. The number of nitrogens with two attached hydrogens (primary N) is 1. The van der Waals surface area contributed by atoms with E-state index in [0.29, 0.717) is 0 Å². The Bertz CT molecular complexity index is 703. The van der Waals surface area contributed by atoms with Gasteiger partial charge in [0.1, 0.15) is 11.6 Å². The molecule has 0 amide bonds. The Morgan fingerprint density at radius 3 is 2.58 bits per heavy atom. The number of halogens is 2. The molecule has 0 aliphatic carbocycles. The largest absolute Gasteiger partial charge is 0.320 e. The molecule has 1 unspecified atom stereocenters. The molecule has 1 aromatic heterocycles. The third-order valence-corrected chi connectivity index (χ3v) is 4.24. The fourth-order valence-electron chi connectivity index (χ4n) is 2.06. The number of benzene rings is 2. The predicted molar refractivity (Wildman–Crippen MR) is 74.2 cm³/mol. The van der Waals surface area contributed by atoms with Gasteiger partial charge in [0.15, 0.2) is 0 Å². The standard InChI is InChI=1S/C15H11F2NS/c16-10-5-6-12(17)11(8-10)15(18)14-7-9-3-1-2-4-13(9)19-14/h1-8,15H,18H2. The van der Waals surface area contributed by atoms with Crippen molar-refractivity contribution in [1.82, 2.24) is 0 Å². The molecule has 19 heavy (non-hydrogen) atoms. The number of rotatable bonds is 2. The van der Waals surface area contributed by atoms with Gasteiger partial charge >= 0.3 is 0 Å². The number of fused-ring (bicyclic) bond motifs is 1. The van der Waals surface area contributed by atoms with Crippen molar-refractivity contribution in [2.75, 3.05) is 0 Å². The molecular weight excluding hydrogens is 264 g/mol. The van der Waals surface area contributed by atoms with Crippen LogP contribution in [0.5, 0.6) is 0 Å². The van der Waals surface area contributed by atoms with Crippen LogP contribution in [0.1, 0.15) is 16.5 Å². The molecule has 4 heteroatoms. The van der Waals surface area contributed by atoms with Crippen LogP contribution in [0.15, 0.2) is 48.5 Å². The van der Waals surface area contributed by atoms with Crippen LogP contribution in [0.3, 0.4) is 0 Å². The molecule has 0 spiro atoms. The van der Waals surface area contributed by atoms with Crippen molar-refractivity contribution in [1.29, 1.82) is 0 Å². The molecule has 3 rings (SSSR count). The van der Waals surface area contributed by atoms with Crippen molar-refractivity contribution in [3.63, 3.8) is 0 Å². The normalized spacial score (nSPS) is 12.8. The Balaban J connectivity index is 2.07. The zero-order valence-corrected chi connectivity index (χ0v) is 10.8. The summed E-state index contributed by atoms with van der Waals surface area (Å²) >= 11 is 1.50. The van der Waals surface area contributed by atoms with Crippen molar-refractivity contribution in [3.8, 4) is 0 Å². The van der Waals surface area contributed by atoms with E-state index in [1.54, 1.807) is 0 Å². The van der Waals surface area contributed by atoms with Crippen LogP contribution in [0.2, 0.25) is 0 Å². The van der Waals surface area contributed by atoms with E-state index in [0.717, 1.165) is 33.2 Å². The average Bonchev–Trinajstić information content (AvgIpc) is 2.84. The zero-order chi connectivity index (χ0) is 13.4. The van der Waals surface area contributed by atoms with Crippen molar-refractivity contribution < 1.29 is 8.78 Å². The Morgan fingerprint density at radius 1 is 1.00 bits per heavy atom. The lowest BCUT2D eigenvalue weighted by molar-refractivity contribution is 0.578. The highest BCUT2D eigenvalue weighted by molar-refractivity contribution is 7.19. The molecule has 0 bridgehead atoms. The van der Waals surface area contributed by atoms with Crippen LogP contribution >= 0.6 is 11.3 Å². The number of hydrogen-bond acceptors (Lipinski definition) is 2. The lowest BCUT2D eigenvalue weighted by Crippen LogP contribution is -2.12. The summed E-state index contributed by atoms with van der Waals surface area (Å²) in [5.41, 5.74) is 6.24. The molecular formula is C15H11F2NS. The first-order valence-electron chi connectivity index (χ1n) is 5.84. The van der Waals surface area contributed by atoms with Gasteiger partial charge in [0.2, 0.25) is 0 Å². The summed E-state index contributed by atoms with van der Waals surface area (Å²) in [7, 11) is 0. The topological polar surface area (TPSA) is 26.0 Å². The quantitative estimate of drug-likeness (QED) is 0.744. The summed E-state index contributed by atoms with van der Waals surface area (Å²) in [6.45, 7) is 0. The maximum atomic E-state index is 13.7. The monoisotopic (exact) mass is 275 g/mol. The summed E-state index contributed by atoms with van der Waals surface area (Å²) in [6.07, 6.45) is 0. The van der Waals surface area contributed by atoms with Gasteiger partial charge in [-0.25, -0.2) is 8.78 Å². The van der Waals surface area contributed by atoms with E-state index in [1.807, 2.05) is 30.3 Å². The van der Waals surface area contributed by atoms with Gasteiger partial charge in [-0.1, -0.05) is 18.2 Å². The summed E-state index contributed by atoms with van der Waals surface area (Å²) in [5.74, 6) is -0.959. The summed E-state index contributed by atoms with van der Waals surface area (Å²) < 4.78 is 28.0. The van der Waals surface area contributed by atoms with Crippen molar-refractivity contribution in [3.05, 3.63) is 70.6 Å². The third kappa shape index (κ3) is 2.25. The van der Waals surface area contributed by atoms with Crippen molar-refractivity contribution in [2.45, 2.75) is 6.04 Å². The Labute approximate surface area is 113 Å². The molecule has 2 aromatic carbocycles. The van der Waals surface area contributed by atoms with Crippen LogP contribution in [0.25, 0.3) is 10.1 Å². The van der Waals surface area contributed by atoms with E-state index in [4.69, 9.17) is 5.73 Å². The maximum Gasteiger partial charge on any atom is 0.128 e. The first-order valence-corrected chi connectivity index (χ1v) is 6.66. The van der Waals surface area contributed by atoms with Gasteiger partial charge in [0.25, 0.3) is 0 Å². The fourth-order valence-corrected chi connectivity index (χ4v) is 3.15. The average molecular weight is 275 g/mol. The zero-order valence-electron chi connectivity index (χ0n) is 9.94. The van der Waals surface area contributed by atoms with Gasteiger partial charge in [-0.2, -0.15) is 0 Å². The molecule has 0 saturated carbocycles. The van der Waals surface area contributed by atoms with Gasteiger partial charge in [-0.3, -0.25) is 0 Å². The van der Waals surface area contributed by atoms with E-state index in [-0.39, 0.29) is 5.56 Å². The Morgan fingerprint density at radius 2 is 1.79 bits per heavy atom. The second kappa shape index (κ2) is 4.72. The molecule has 1 atom stereocenters. The van der Waals surface area contributed by atoms with Gasteiger partial charge in [-0.15, -0.1) is 11.3 Å². The SMILES string of the molecule is NC(c1cc2ccccc2s1)c1cc(F)ccc1F. The highest BCUT2D eigenvalue weighted by atomic mass is 32.1. The Kier molecular flexibility index (Phi) is 3.05. The van der Waals surface area contributed by atoms with Crippen LogP contribution in [0, 0.1) is 11.6 Å². The van der Waals surface area contributed by atoms with Gasteiger partial charge < -0.3 is 5.73 Å². The summed E-state index contributed by atoms with van der Waals surface area (Å²) in [5, 5.41) is 1.06. The lowest BCUT2D eigenvalue weighted by atomic mass is 10.0. The highest BCUT2D eigenvalue weighted by Gasteiger charge is 2.16. The molecule has 1 heterocycles. The maximum absolute atomic E-state index is 13.7. The van der Waals surface area contributed by atoms with Crippen molar-refractivity contribution in [2.24, 2.45) is 5.73 Å². The minimum Gasteiger partial charge on any atom is -0.320 e. The molecule has 0 fully saturated rings. The van der Waals surface area contributed by atoms with E-state index in [9.17, 15) is 8.78 Å². The van der Waals surface area contributed by atoms with Crippen LogP contribution in [0.4, 0.5) is 8.78 Å². The van der Waals surface area contributed by atoms with Gasteiger partial charge in [-0.05, 0) is 35.7 Å². The van der Waals surface area contributed by atoms with Crippen LogP contribution in [-0.2, 0) is 0 Å². The van der Waals surface area contributed by atoms with E-state index >= 15 is 0 Å². The smallest absolute Gasteiger partial charge is 0.128 e. The molecule has 1 nitrogen and oxygen atoms in total. The number of thiophene rings is 1. The van der Waals surface area contributed by atoms with Crippen LogP contribution < -0.4 is 5.73 Å². The molecule has 0 aliphatic rings. The second-order valence-electron chi connectivity index (χ2n) is 4.33. The summed E-state index contributed by atoms with van der Waals surface area (Å²) in [4.78, 5) is 0.825. The molecule has 0 radical (unpaired) electrons. The molecule has 0 aliphatic heterocycles. The molecule has 96 valence electrons. The minimum absolute atomic E-state index is 0.187. The molecule has 2 N–H and O–H groups in total. The van der Waals surface area contributed by atoms with Crippen molar-refractivity contribution >= 4 is 21.4 Å². The first-order chi connectivity index (χ1) is 9.15. The van der Waals surface area contributed by atoms with E-state index < -0.39 is 17.7 Å². The Hall–Kier alpha value is -1.78. The third-order valence-electron chi connectivity index (χ3n) is 3.04. The highest BCUT2D eigenvalue weighted by Crippen LogP contribution is 2.32. The van der Waals surface area contributed by atoms with Gasteiger partial charge in [0, 0.05) is 15.1 Å². The first kappa shape index (κ1) is 12.3. The molecule has 0 saturated heterocycles. The van der Waals surface area contributed by atoms with E-state index in [1.165, 1.54) is 11.3 Å². The molecule has 3 aromatic rings. The minimum atomic E-state index is -0.645. The fraction of sp³-hybridized carbons (Fsp3) is 0.0667. The van der Waals surface area contributed by atoms with Gasteiger partial charge in [0.05, 0.1) is 6.04 Å². The van der Waals surface area contributed by atoms with Crippen LogP contribution in [-0.4, -0.2) is 0 Å². The number of hydrogen-bond donors (Lipinski definition) is 1. The summed E-state index contributed by atoms with van der Waals surface area (Å²) in [6, 6.07) is 12.5. The lowest BCUT2D eigenvalue weighted by Gasteiger charge is -2.10. The van der Waals surface area contributed by atoms with E-state index in [2.05, 4.69) is 0 Å². The second-order valence-corrected chi connectivity index (χ2v) is 5.45.